The Hall–Kier alpha value is -2.25. The van der Waals surface area contributed by atoms with E-state index in [2.05, 4.69) is 25.9 Å². The maximum atomic E-state index is 10.5. The molecule has 0 amide bonds. The van der Waals surface area contributed by atoms with Gasteiger partial charge in [0.05, 0.1) is 0 Å². The zero-order chi connectivity index (χ0) is 14.9. The maximum absolute atomic E-state index is 10.5. The van der Waals surface area contributed by atoms with Crippen LogP contribution in [-0.2, 0) is 5.60 Å². The summed E-state index contributed by atoms with van der Waals surface area (Å²) in [6, 6.07) is 10.6. The van der Waals surface area contributed by atoms with Crippen LogP contribution in [0.1, 0.15) is 12.5 Å². The van der Waals surface area contributed by atoms with Crippen LogP contribution in [0.3, 0.4) is 0 Å². The Balaban J connectivity index is 1.76. The van der Waals surface area contributed by atoms with Crippen molar-refractivity contribution in [2.75, 3.05) is 11.9 Å². The Bertz CT molecular complexity index is 772. The lowest BCUT2D eigenvalue weighted by molar-refractivity contribution is 0.0714. The Kier molecular flexibility index (Phi) is 3.44. The Morgan fingerprint density at radius 3 is 3.00 bits per heavy atom. The third-order valence-corrected chi connectivity index (χ3v) is 3.36. The molecule has 3 rings (SSSR count). The van der Waals surface area contributed by atoms with Crippen molar-refractivity contribution in [3.63, 3.8) is 0 Å². The molecular weight excluding hydrogens is 292 g/mol. The van der Waals surface area contributed by atoms with E-state index in [0.29, 0.717) is 16.5 Å². The van der Waals surface area contributed by atoms with E-state index in [4.69, 9.17) is 11.6 Å². The summed E-state index contributed by atoms with van der Waals surface area (Å²) in [5.41, 5.74) is 0.204. The third kappa shape index (κ3) is 2.93. The molecule has 108 valence electrons. The summed E-state index contributed by atoms with van der Waals surface area (Å²) >= 11 is 5.95. The van der Waals surface area contributed by atoms with Crippen molar-refractivity contribution in [3.8, 4) is 0 Å². The predicted octanol–water partition coefficient (Wildman–Crippen LogP) is 1.49. The van der Waals surface area contributed by atoms with Crippen LogP contribution in [0.15, 0.2) is 36.4 Å². The third-order valence-electron chi connectivity index (χ3n) is 3.13. The van der Waals surface area contributed by atoms with Crippen molar-refractivity contribution >= 4 is 23.1 Å². The molecule has 7 nitrogen and oxygen atoms in total. The van der Waals surface area contributed by atoms with Gasteiger partial charge >= 0.3 is 0 Å². The minimum absolute atomic E-state index is 0.272. The number of anilines is 1. The van der Waals surface area contributed by atoms with E-state index in [9.17, 15) is 5.11 Å². The zero-order valence-corrected chi connectivity index (χ0v) is 12.0. The molecule has 0 aliphatic heterocycles. The van der Waals surface area contributed by atoms with Crippen molar-refractivity contribution < 1.29 is 5.11 Å². The van der Waals surface area contributed by atoms with Crippen LogP contribution < -0.4 is 5.32 Å². The molecule has 1 aromatic carbocycles. The number of aromatic nitrogens is 5. The first-order valence-corrected chi connectivity index (χ1v) is 6.70. The Labute approximate surface area is 125 Å². The highest BCUT2D eigenvalue weighted by molar-refractivity contribution is 6.30. The van der Waals surface area contributed by atoms with Crippen LogP contribution in [0.4, 0.5) is 5.82 Å². The number of nitrogens with one attached hydrogen (secondary N) is 1. The van der Waals surface area contributed by atoms with Gasteiger partial charge in [-0.15, -0.1) is 14.8 Å². The van der Waals surface area contributed by atoms with Crippen molar-refractivity contribution in [2.24, 2.45) is 0 Å². The minimum atomic E-state index is -1.08. The molecular formula is C13H13ClN6O. The molecule has 21 heavy (non-hydrogen) atoms. The molecule has 1 unspecified atom stereocenters. The predicted molar refractivity (Wildman–Crippen MR) is 78.1 cm³/mol. The number of aliphatic hydroxyl groups is 1. The number of fused-ring (bicyclic) bond motifs is 1. The molecule has 1 atom stereocenters. The normalized spacial score (nSPS) is 14.0. The monoisotopic (exact) mass is 304 g/mol. The number of tetrazole rings is 1. The van der Waals surface area contributed by atoms with E-state index < -0.39 is 5.60 Å². The SMILES string of the molecule is CC(O)(CNc1ccc2nnnn2n1)c1cccc(Cl)c1. The standard InChI is InChI=1S/C13H13ClN6O/c1-13(21,9-3-2-4-10(14)7-9)8-15-11-5-6-12-16-18-19-20(12)17-11/h2-7,21H,8H2,1H3,(H,15,17). The molecule has 0 spiro atoms. The maximum Gasteiger partial charge on any atom is 0.200 e. The first-order chi connectivity index (χ1) is 10.0. The Morgan fingerprint density at radius 1 is 1.33 bits per heavy atom. The molecule has 2 heterocycles. The second-order valence-corrected chi connectivity index (χ2v) is 5.32. The number of hydrogen-bond acceptors (Lipinski definition) is 6. The van der Waals surface area contributed by atoms with Crippen LogP contribution in [-0.4, -0.2) is 36.9 Å². The van der Waals surface area contributed by atoms with Gasteiger partial charge in [-0.1, -0.05) is 23.7 Å². The highest BCUT2D eigenvalue weighted by Gasteiger charge is 2.23. The second kappa shape index (κ2) is 5.27. The van der Waals surface area contributed by atoms with Crippen LogP contribution >= 0.6 is 11.6 Å². The first-order valence-electron chi connectivity index (χ1n) is 6.32. The summed E-state index contributed by atoms with van der Waals surface area (Å²) in [5, 5.41) is 29.4. The summed E-state index contributed by atoms with van der Waals surface area (Å²) in [6.45, 7) is 1.98. The van der Waals surface area contributed by atoms with Gasteiger partial charge in [-0.05, 0) is 47.2 Å². The molecule has 0 aliphatic rings. The van der Waals surface area contributed by atoms with Crippen LogP contribution in [0, 0.1) is 0 Å². The van der Waals surface area contributed by atoms with Gasteiger partial charge < -0.3 is 10.4 Å². The average molecular weight is 305 g/mol. The molecule has 3 aromatic rings. The summed E-state index contributed by atoms with van der Waals surface area (Å²) in [7, 11) is 0. The van der Waals surface area contributed by atoms with Gasteiger partial charge in [-0.2, -0.15) is 0 Å². The molecule has 8 heteroatoms. The van der Waals surface area contributed by atoms with Gasteiger partial charge in [-0.25, -0.2) is 0 Å². The molecule has 0 bridgehead atoms. The van der Waals surface area contributed by atoms with E-state index in [-0.39, 0.29) is 6.54 Å². The summed E-state index contributed by atoms with van der Waals surface area (Å²) in [4.78, 5) is 0. The quantitative estimate of drug-likeness (QED) is 0.759. The number of hydrogen-bond donors (Lipinski definition) is 2. The lowest BCUT2D eigenvalue weighted by atomic mass is 9.96. The van der Waals surface area contributed by atoms with Gasteiger partial charge in [0.25, 0.3) is 0 Å². The van der Waals surface area contributed by atoms with Crippen molar-refractivity contribution in [1.82, 2.24) is 25.3 Å². The van der Waals surface area contributed by atoms with Gasteiger partial charge in [0.15, 0.2) is 5.65 Å². The largest absolute Gasteiger partial charge is 0.384 e. The smallest absolute Gasteiger partial charge is 0.200 e. The van der Waals surface area contributed by atoms with Gasteiger partial charge in [0.2, 0.25) is 0 Å². The average Bonchev–Trinajstić information content (AvgIpc) is 2.93. The van der Waals surface area contributed by atoms with Crippen LogP contribution in [0.25, 0.3) is 5.65 Å². The van der Waals surface area contributed by atoms with Crippen LogP contribution in [0.2, 0.25) is 5.02 Å². The number of nitrogens with zero attached hydrogens (tertiary/aromatic N) is 5. The molecule has 0 saturated heterocycles. The van der Waals surface area contributed by atoms with Gasteiger partial charge in [0.1, 0.15) is 11.4 Å². The van der Waals surface area contributed by atoms with E-state index in [1.165, 1.54) is 4.63 Å². The number of halogens is 1. The van der Waals surface area contributed by atoms with Crippen molar-refractivity contribution in [3.05, 3.63) is 47.0 Å². The number of rotatable bonds is 4. The number of benzene rings is 1. The van der Waals surface area contributed by atoms with Gasteiger partial charge in [-0.3, -0.25) is 0 Å². The second-order valence-electron chi connectivity index (χ2n) is 4.88. The van der Waals surface area contributed by atoms with Crippen molar-refractivity contribution in [2.45, 2.75) is 12.5 Å². The van der Waals surface area contributed by atoms with Crippen LogP contribution in [0.5, 0.6) is 0 Å². The van der Waals surface area contributed by atoms with E-state index in [0.717, 1.165) is 5.56 Å². The zero-order valence-electron chi connectivity index (χ0n) is 11.2. The van der Waals surface area contributed by atoms with E-state index in [1.807, 2.05) is 6.07 Å². The van der Waals surface area contributed by atoms with E-state index >= 15 is 0 Å². The molecule has 2 N–H and O–H groups in total. The molecule has 0 radical (unpaired) electrons. The highest BCUT2D eigenvalue weighted by atomic mass is 35.5. The molecule has 2 aromatic heterocycles. The van der Waals surface area contributed by atoms with E-state index in [1.54, 1.807) is 37.3 Å². The van der Waals surface area contributed by atoms with Crippen molar-refractivity contribution in [1.29, 1.82) is 0 Å². The summed E-state index contributed by atoms with van der Waals surface area (Å²) < 4.78 is 1.32. The Morgan fingerprint density at radius 2 is 2.19 bits per heavy atom. The molecule has 0 fully saturated rings. The fraction of sp³-hybridized carbons (Fsp3) is 0.231. The topological polar surface area (TPSA) is 88.2 Å². The lowest BCUT2D eigenvalue weighted by Gasteiger charge is -2.24. The first kappa shape index (κ1) is 13.7. The lowest BCUT2D eigenvalue weighted by Crippen LogP contribution is -2.31. The fourth-order valence-electron chi connectivity index (χ4n) is 1.93. The molecule has 0 aliphatic carbocycles. The fourth-order valence-corrected chi connectivity index (χ4v) is 2.12. The summed E-state index contributed by atoms with van der Waals surface area (Å²) in [5.74, 6) is 0.567. The minimum Gasteiger partial charge on any atom is -0.384 e. The molecule has 0 saturated carbocycles. The summed E-state index contributed by atoms with van der Waals surface area (Å²) in [6.07, 6.45) is 0. The van der Waals surface area contributed by atoms with Gasteiger partial charge in [0, 0.05) is 11.6 Å². The highest BCUT2D eigenvalue weighted by Crippen LogP contribution is 2.23.